The second-order valence-electron chi connectivity index (χ2n) is 6.44. The van der Waals surface area contributed by atoms with Gasteiger partial charge in [0, 0.05) is 27.2 Å². The number of hydrogen-bond donors (Lipinski definition) is 2. The van der Waals surface area contributed by atoms with E-state index in [0.29, 0.717) is 15.7 Å². The average molecular weight is 457 g/mol. The number of aliphatic carboxylic acids is 1. The number of carbonyl (C=O) groups is 2. The van der Waals surface area contributed by atoms with Crippen LogP contribution < -0.4 is 5.32 Å². The molecule has 3 rings (SSSR count). The standard InChI is InChI=1S/C19H16BrCl2NO3/c1-10(17(24)25)7-15(11-3-2-4-12(21)8-11)19(20)14-6-5-13(22)9-16(14)23-18(19)26/h2-6,8-10,15H,7H2,1H3,(H,23,26)(H,24,25). The van der Waals surface area contributed by atoms with Crippen molar-refractivity contribution in [3.63, 3.8) is 0 Å². The van der Waals surface area contributed by atoms with Gasteiger partial charge in [-0.2, -0.15) is 0 Å². The lowest BCUT2D eigenvalue weighted by Gasteiger charge is -2.32. The molecule has 2 aromatic rings. The Labute approximate surface area is 169 Å². The molecule has 3 unspecified atom stereocenters. The van der Waals surface area contributed by atoms with Crippen LogP contribution in [-0.2, 0) is 13.9 Å². The minimum absolute atomic E-state index is 0.252. The van der Waals surface area contributed by atoms with Gasteiger partial charge >= 0.3 is 5.97 Å². The third kappa shape index (κ3) is 3.36. The first kappa shape index (κ1) is 19.2. The van der Waals surface area contributed by atoms with Crippen LogP contribution in [0.1, 0.15) is 30.4 Å². The Hall–Kier alpha value is -1.56. The molecule has 136 valence electrons. The number of carbonyl (C=O) groups excluding carboxylic acids is 1. The van der Waals surface area contributed by atoms with E-state index in [2.05, 4.69) is 21.2 Å². The number of benzene rings is 2. The number of amides is 1. The number of fused-ring (bicyclic) bond motifs is 1. The molecule has 0 bridgehead atoms. The molecule has 0 saturated carbocycles. The van der Waals surface area contributed by atoms with Crippen LogP contribution >= 0.6 is 39.1 Å². The van der Waals surface area contributed by atoms with Crippen molar-refractivity contribution in [3.8, 4) is 0 Å². The molecule has 1 amide bonds. The van der Waals surface area contributed by atoms with Gasteiger partial charge in [-0.05, 0) is 36.2 Å². The van der Waals surface area contributed by atoms with Crippen molar-refractivity contribution in [2.24, 2.45) is 5.92 Å². The molecule has 4 nitrogen and oxygen atoms in total. The molecule has 0 radical (unpaired) electrons. The number of rotatable bonds is 5. The number of anilines is 1. The number of carboxylic acid groups (broad SMARTS) is 1. The average Bonchev–Trinajstić information content (AvgIpc) is 2.83. The molecule has 3 atom stereocenters. The summed E-state index contributed by atoms with van der Waals surface area (Å²) in [6, 6.07) is 12.3. The first-order valence-corrected chi connectivity index (χ1v) is 9.57. The predicted octanol–water partition coefficient (Wildman–Crippen LogP) is 5.43. The van der Waals surface area contributed by atoms with Crippen molar-refractivity contribution in [2.45, 2.75) is 23.6 Å². The van der Waals surface area contributed by atoms with Crippen molar-refractivity contribution in [1.29, 1.82) is 0 Å². The highest BCUT2D eigenvalue weighted by molar-refractivity contribution is 9.10. The quantitative estimate of drug-likeness (QED) is 0.589. The van der Waals surface area contributed by atoms with Crippen molar-refractivity contribution >= 4 is 56.7 Å². The Balaban J connectivity index is 2.15. The topological polar surface area (TPSA) is 66.4 Å². The smallest absolute Gasteiger partial charge is 0.306 e. The molecule has 1 heterocycles. The van der Waals surface area contributed by atoms with E-state index in [-0.39, 0.29) is 12.3 Å². The van der Waals surface area contributed by atoms with E-state index >= 15 is 0 Å². The van der Waals surface area contributed by atoms with Crippen LogP contribution in [0.15, 0.2) is 42.5 Å². The summed E-state index contributed by atoms with van der Waals surface area (Å²) < 4.78 is -1.11. The zero-order chi connectivity index (χ0) is 19.1. The zero-order valence-electron chi connectivity index (χ0n) is 13.8. The van der Waals surface area contributed by atoms with Crippen LogP contribution in [0.4, 0.5) is 5.69 Å². The molecular formula is C19H16BrCl2NO3. The summed E-state index contributed by atoms with van der Waals surface area (Å²) in [6.07, 6.45) is 0.260. The van der Waals surface area contributed by atoms with Crippen molar-refractivity contribution < 1.29 is 14.7 Å². The Morgan fingerprint density at radius 3 is 2.58 bits per heavy atom. The fourth-order valence-corrected chi connectivity index (χ4v) is 4.59. The highest BCUT2D eigenvalue weighted by Crippen LogP contribution is 2.54. The van der Waals surface area contributed by atoms with E-state index in [1.807, 2.05) is 6.07 Å². The van der Waals surface area contributed by atoms with E-state index in [0.717, 1.165) is 11.1 Å². The fourth-order valence-electron chi connectivity index (χ4n) is 3.32. The molecule has 0 spiro atoms. The predicted molar refractivity (Wildman–Crippen MR) is 106 cm³/mol. The van der Waals surface area contributed by atoms with Gasteiger partial charge in [0.1, 0.15) is 4.32 Å². The number of hydrogen-bond acceptors (Lipinski definition) is 2. The monoisotopic (exact) mass is 455 g/mol. The summed E-state index contributed by atoms with van der Waals surface area (Å²) in [5.41, 5.74) is 2.14. The van der Waals surface area contributed by atoms with Gasteiger partial charge in [0.25, 0.3) is 0 Å². The highest BCUT2D eigenvalue weighted by atomic mass is 79.9. The van der Waals surface area contributed by atoms with E-state index in [1.165, 1.54) is 0 Å². The number of halogens is 3. The van der Waals surface area contributed by atoms with Crippen LogP contribution in [0, 0.1) is 5.92 Å². The number of carboxylic acids is 1. The Morgan fingerprint density at radius 2 is 1.92 bits per heavy atom. The lowest BCUT2D eigenvalue weighted by Crippen LogP contribution is -2.36. The van der Waals surface area contributed by atoms with E-state index in [9.17, 15) is 14.7 Å². The highest BCUT2D eigenvalue weighted by Gasteiger charge is 2.51. The maximum Gasteiger partial charge on any atom is 0.306 e. The minimum Gasteiger partial charge on any atom is -0.481 e. The Kier molecular flexibility index (Phi) is 5.33. The van der Waals surface area contributed by atoms with Crippen molar-refractivity contribution in [1.82, 2.24) is 0 Å². The van der Waals surface area contributed by atoms with Gasteiger partial charge in [0.2, 0.25) is 5.91 Å². The molecule has 7 heteroatoms. The maximum atomic E-state index is 12.9. The third-order valence-corrected chi connectivity index (χ3v) is 6.50. The third-order valence-electron chi connectivity index (χ3n) is 4.69. The summed E-state index contributed by atoms with van der Waals surface area (Å²) in [7, 11) is 0. The van der Waals surface area contributed by atoms with Crippen LogP contribution in [-0.4, -0.2) is 17.0 Å². The molecule has 0 fully saturated rings. The van der Waals surface area contributed by atoms with E-state index < -0.39 is 22.1 Å². The van der Waals surface area contributed by atoms with Gasteiger partial charge < -0.3 is 10.4 Å². The van der Waals surface area contributed by atoms with Gasteiger partial charge in [-0.3, -0.25) is 9.59 Å². The van der Waals surface area contributed by atoms with Gasteiger partial charge in [0.15, 0.2) is 0 Å². The summed E-state index contributed by atoms with van der Waals surface area (Å²) in [5.74, 6) is -2.24. The van der Waals surface area contributed by atoms with E-state index in [1.54, 1.807) is 43.3 Å². The second kappa shape index (κ2) is 7.22. The van der Waals surface area contributed by atoms with Gasteiger partial charge in [0.05, 0.1) is 5.92 Å². The molecule has 2 aromatic carbocycles. The molecule has 26 heavy (non-hydrogen) atoms. The second-order valence-corrected chi connectivity index (χ2v) is 8.56. The van der Waals surface area contributed by atoms with Crippen LogP contribution in [0.5, 0.6) is 0 Å². The molecule has 1 aliphatic rings. The van der Waals surface area contributed by atoms with E-state index in [4.69, 9.17) is 23.2 Å². The summed E-state index contributed by atoms with van der Waals surface area (Å²) in [4.78, 5) is 24.4. The van der Waals surface area contributed by atoms with Gasteiger partial charge in [-0.15, -0.1) is 0 Å². The summed E-state index contributed by atoms with van der Waals surface area (Å²) in [5, 5.41) is 13.3. The van der Waals surface area contributed by atoms with Crippen LogP contribution in [0.25, 0.3) is 0 Å². The van der Waals surface area contributed by atoms with Gasteiger partial charge in [-0.1, -0.05) is 64.3 Å². The van der Waals surface area contributed by atoms with Crippen molar-refractivity contribution in [3.05, 3.63) is 63.6 Å². The van der Waals surface area contributed by atoms with Crippen LogP contribution in [0.2, 0.25) is 10.0 Å². The molecule has 1 aliphatic heterocycles. The zero-order valence-corrected chi connectivity index (χ0v) is 16.9. The molecule has 2 N–H and O–H groups in total. The lowest BCUT2D eigenvalue weighted by atomic mass is 9.77. The summed E-state index contributed by atoms with van der Waals surface area (Å²) in [6.45, 7) is 1.63. The molecule has 0 saturated heterocycles. The minimum atomic E-state index is -1.11. The fraction of sp³-hybridized carbons (Fsp3) is 0.263. The number of alkyl halides is 1. The Morgan fingerprint density at radius 1 is 1.23 bits per heavy atom. The largest absolute Gasteiger partial charge is 0.481 e. The van der Waals surface area contributed by atoms with Gasteiger partial charge in [-0.25, -0.2) is 0 Å². The number of nitrogens with one attached hydrogen (secondary N) is 1. The Bertz CT molecular complexity index is 889. The molecule has 0 aromatic heterocycles. The maximum absolute atomic E-state index is 12.9. The normalized spacial score (nSPS) is 21.0. The van der Waals surface area contributed by atoms with Crippen molar-refractivity contribution in [2.75, 3.05) is 5.32 Å². The van der Waals surface area contributed by atoms with Crippen LogP contribution in [0.3, 0.4) is 0 Å². The first-order valence-electron chi connectivity index (χ1n) is 8.02. The SMILES string of the molecule is CC(CC(c1cccc(Cl)c1)C1(Br)C(=O)Nc2cc(Cl)ccc21)C(=O)O. The first-order chi connectivity index (χ1) is 12.2. The lowest BCUT2D eigenvalue weighted by molar-refractivity contribution is -0.141. The molecule has 0 aliphatic carbocycles. The molecular weight excluding hydrogens is 441 g/mol. The summed E-state index contributed by atoms with van der Waals surface area (Å²) >= 11 is 15.8.